The normalized spacial score (nSPS) is 8.12. The van der Waals surface area contributed by atoms with Gasteiger partial charge in [-0.3, -0.25) is 9.59 Å². The van der Waals surface area contributed by atoms with Gasteiger partial charge in [0.25, 0.3) is 0 Å². The van der Waals surface area contributed by atoms with E-state index in [-0.39, 0.29) is 0 Å². The highest BCUT2D eigenvalue weighted by Crippen LogP contribution is 1.90. The lowest BCUT2D eigenvalue weighted by molar-refractivity contribution is -0.145. The molecule has 0 spiro atoms. The third-order valence-electron chi connectivity index (χ3n) is 0.427. The molecule has 1 unspecified atom stereocenters. The van der Waals surface area contributed by atoms with Crippen LogP contribution in [-0.2, 0) is 14.1 Å². The molecule has 0 radical (unpaired) electrons. The standard InChI is InChI=1S/C3H5O4P/c4-2(5)1-3(6)7-8/h1,8H2,(H,4,5). The maximum Gasteiger partial charge on any atom is 0.319 e. The van der Waals surface area contributed by atoms with Crippen LogP contribution >= 0.6 is 9.47 Å². The van der Waals surface area contributed by atoms with Crippen molar-refractivity contribution in [1.29, 1.82) is 0 Å². The van der Waals surface area contributed by atoms with Crippen molar-refractivity contribution in [2.75, 3.05) is 0 Å². The van der Waals surface area contributed by atoms with Crippen molar-refractivity contribution in [2.45, 2.75) is 6.42 Å². The molecular weight excluding hydrogens is 131 g/mol. The maximum absolute atomic E-state index is 10.00. The van der Waals surface area contributed by atoms with Crippen LogP contribution in [0, 0.1) is 0 Å². The number of carboxylic acid groups (broad SMARTS) is 1. The second-order valence-electron chi connectivity index (χ2n) is 1.06. The molecule has 0 heterocycles. The summed E-state index contributed by atoms with van der Waals surface area (Å²) in [7, 11) is 1.67. The Morgan fingerprint density at radius 2 is 2.12 bits per heavy atom. The van der Waals surface area contributed by atoms with Crippen LogP contribution in [0.5, 0.6) is 0 Å². The summed E-state index contributed by atoms with van der Waals surface area (Å²) < 4.78 is 3.96. The van der Waals surface area contributed by atoms with E-state index in [2.05, 4.69) is 4.52 Å². The second-order valence-corrected chi connectivity index (χ2v) is 1.30. The van der Waals surface area contributed by atoms with E-state index in [9.17, 15) is 9.59 Å². The van der Waals surface area contributed by atoms with Crippen LogP contribution in [0.4, 0.5) is 0 Å². The van der Waals surface area contributed by atoms with Crippen molar-refractivity contribution in [3.63, 3.8) is 0 Å². The van der Waals surface area contributed by atoms with E-state index in [0.717, 1.165) is 0 Å². The van der Waals surface area contributed by atoms with Gasteiger partial charge in [0.05, 0.1) is 9.47 Å². The first-order valence-electron chi connectivity index (χ1n) is 1.78. The van der Waals surface area contributed by atoms with Gasteiger partial charge in [0.2, 0.25) is 0 Å². The predicted molar refractivity (Wildman–Crippen MR) is 28.1 cm³/mol. The molecule has 0 aromatic carbocycles. The Kier molecular flexibility index (Phi) is 3.12. The van der Waals surface area contributed by atoms with E-state index in [1.807, 2.05) is 0 Å². The SMILES string of the molecule is O=C(O)CC(=O)OP. The molecule has 0 amide bonds. The van der Waals surface area contributed by atoms with Gasteiger partial charge in [-0.25, -0.2) is 0 Å². The molecule has 5 heteroatoms. The second kappa shape index (κ2) is 3.38. The third-order valence-corrected chi connectivity index (χ3v) is 0.690. The summed E-state index contributed by atoms with van der Waals surface area (Å²) in [6.07, 6.45) is -0.580. The molecule has 0 aromatic rings. The van der Waals surface area contributed by atoms with Gasteiger partial charge in [0.15, 0.2) is 0 Å². The zero-order valence-electron chi connectivity index (χ0n) is 3.96. The molecule has 0 saturated carbocycles. The molecule has 0 rings (SSSR count). The van der Waals surface area contributed by atoms with Crippen molar-refractivity contribution in [3.05, 3.63) is 0 Å². The van der Waals surface area contributed by atoms with E-state index in [0.29, 0.717) is 0 Å². The largest absolute Gasteiger partial charge is 0.481 e. The zero-order valence-corrected chi connectivity index (χ0v) is 5.11. The van der Waals surface area contributed by atoms with E-state index < -0.39 is 18.4 Å². The highest BCUT2D eigenvalue weighted by atomic mass is 31.0. The monoisotopic (exact) mass is 136 g/mol. The Morgan fingerprint density at radius 3 is 2.25 bits per heavy atom. The Hall–Kier alpha value is -0.630. The van der Waals surface area contributed by atoms with Crippen molar-refractivity contribution in [1.82, 2.24) is 0 Å². The van der Waals surface area contributed by atoms with Crippen LogP contribution in [0.2, 0.25) is 0 Å². The van der Waals surface area contributed by atoms with Crippen molar-refractivity contribution in [2.24, 2.45) is 0 Å². The molecule has 0 bridgehead atoms. The van der Waals surface area contributed by atoms with Gasteiger partial charge in [-0.1, -0.05) is 0 Å². The van der Waals surface area contributed by atoms with Gasteiger partial charge in [0, 0.05) is 0 Å². The van der Waals surface area contributed by atoms with Crippen molar-refractivity contribution >= 4 is 21.4 Å². The first kappa shape index (κ1) is 7.37. The third kappa shape index (κ3) is 3.56. The summed E-state index contributed by atoms with van der Waals surface area (Å²) in [6.45, 7) is 0. The average molecular weight is 136 g/mol. The van der Waals surface area contributed by atoms with Crippen LogP contribution in [0.3, 0.4) is 0 Å². The Labute approximate surface area is 48.1 Å². The van der Waals surface area contributed by atoms with E-state index in [4.69, 9.17) is 5.11 Å². The van der Waals surface area contributed by atoms with Gasteiger partial charge in [-0.2, -0.15) is 0 Å². The average Bonchev–Trinajstić information content (AvgIpc) is 1.65. The molecule has 8 heavy (non-hydrogen) atoms. The van der Waals surface area contributed by atoms with Gasteiger partial charge in [0.1, 0.15) is 6.42 Å². The van der Waals surface area contributed by atoms with Gasteiger partial charge in [-0.05, 0) is 0 Å². The fourth-order valence-electron chi connectivity index (χ4n) is 0.165. The lowest BCUT2D eigenvalue weighted by atomic mass is 10.5. The predicted octanol–water partition coefficient (Wildman–Crippen LogP) is -0.206. The molecule has 0 fully saturated rings. The fourth-order valence-corrected chi connectivity index (χ4v) is 0.248. The smallest absolute Gasteiger partial charge is 0.319 e. The molecule has 0 aliphatic heterocycles. The summed E-state index contributed by atoms with van der Waals surface area (Å²) in [5, 5.41) is 7.90. The highest BCUT2D eigenvalue weighted by Gasteiger charge is 2.04. The minimum Gasteiger partial charge on any atom is -0.481 e. The Bertz CT molecular complexity index is 110. The molecule has 0 aliphatic rings. The molecular formula is C3H5O4P. The lowest BCUT2D eigenvalue weighted by Gasteiger charge is -1.89. The topological polar surface area (TPSA) is 63.6 Å². The lowest BCUT2D eigenvalue weighted by Crippen LogP contribution is -2.05. The summed E-state index contributed by atoms with van der Waals surface area (Å²) >= 11 is 0. The Balaban J connectivity index is 3.40. The number of rotatable bonds is 2. The number of carboxylic acids is 1. The molecule has 4 nitrogen and oxygen atoms in total. The molecule has 46 valence electrons. The van der Waals surface area contributed by atoms with Crippen molar-refractivity contribution in [3.8, 4) is 0 Å². The van der Waals surface area contributed by atoms with Gasteiger partial charge in [-0.15, -0.1) is 0 Å². The number of carbonyl (C=O) groups excluding carboxylic acids is 1. The first-order chi connectivity index (χ1) is 3.66. The van der Waals surface area contributed by atoms with Crippen LogP contribution in [0.1, 0.15) is 6.42 Å². The van der Waals surface area contributed by atoms with Gasteiger partial charge < -0.3 is 9.63 Å². The van der Waals surface area contributed by atoms with Crippen LogP contribution in [-0.4, -0.2) is 17.0 Å². The summed E-state index contributed by atoms with van der Waals surface area (Å²) in [4.78, 5) is 19.7. The zero-order chi connectivity index (χ0) is 6.57. The molecule has 0 saturated heterocycles. The van der Waals surface area contributed by atoms with E-state index in [1.54, 1.807) is 9.47 Å². The molecule has 1 N–H and O–H groups in total. The fraction of sp³-hybridized carbons (Fsp3) is 0.333. The highest BCUT2D eigenvalue weighted by molar-refractivity contribution is 7.10. The number of carbonyl (C=O) groups is 2. The molecule has 0 aliphatic carbocycles. The van der Waals surface area contributed by atoms with Crippen LogP contribution in [0.15, 0.2) is 0 Å². The minimum absolute atomic E-state index is 0.580. The van der Waals surface area contributed by atoms with E-state index in [1.165, 1.54) is 0 Å². The first-order valence-corrected chi connectivity index (χ1v) is 2.25. The quantitative estimate of drug-likeness (QED) is 0.421. The summed E-state index contributed by atoms with van der Waals surface area (Å²) in [5.41, 5.74) is 0. The van der Waals surface area contributed by atoms with Crippen molar-refractivity contribution < 1.29 is 19.2 Å². The molecule has 1 atom stereocenters. The number of hydrogen-bond donors (Lipinski definition) is 1. The molecule has 0 aromatic heterocycles. The number of aliphatic carboxylic acids is 1. The maximum atomic E-state index is 10.00. The van der Waals surface area contributed by atoms with E-state index >= 15 is 0 Å². The van der Waals surface area contributed by atoms with Crippen LogP contribution in [0.25, 0.3) is 0 Å². The number of hydrogen-bond acceptors (Lipinski definition) is 3. The summed E-state index contributed by atoms with van der Waals surface area (Å²) in [6, 6.07) is 0. The minimum atomic E-state index is -1.18. The van der Waals surface area contributed by atoms with Crippen LogP contribution < -0.4 is 0 Å². The summed E-state index contributed by atoms with van der Waals surface area (Å²) in [5.74, 6) is -1.94. The van der Waals surface area contributed by atoms with Gasteiger partial charge >= 0.3 is 11.9 Å². The Morgan fingerprint density at radius 1 is 1.62 bits per heavy atom.